The monoisotopic (exact) mass is 425 g/mol. The molecule has 1 heterocycles. The summed E-state index contributed by atoms with van der Waals surface area (Å²) < 4.78 is 16.9. The largest absolute Gasteiger partial charge is 0.490 e. The van der Waals surface area contributed by atoms with Gasteiger partial charge in [-0.1, -0.05) is 36.4 Å². The van der Waals surface area contributed by atoms with Crippen molar-refractivity contribution in [2.45, 2.75) is 33.4 Å². The number of allylic oxidation sites excluding steroid dienone is 1. The lowest BCUT2D eigenvalue weighted by atomic mass is 9.95. The SMILES string of the molecule is CCOC(=O)C1=C(C)N(N)C(=O)N[C@H]1c1ccc(OCc2ccccc2)c(OCC)c1. The molecule has 2 aromatic carbocycles. The molecule has 8 heteroatoms. The zero-order chi connectivity index (χ0) is 22.4. The fourth-order valence-corrected chi connectivity index (χ4v) is 3.31. The first-order valence-electron chi connectivity index (χ1n) is 10.1. The molecular weight excluding hydrogens is 398 g/mol. The third kappa shape index (κ3) is 4.97. The summed E-state index contributed by atoms with van der Waals surface area (Å²) in [4.78, 5) is 24.9. The number of hydrogen-bond donors (Lipinski definition) is 2. The molecule has 31 heavy (non-hydrogen) atoms. The van der Waals surface area contributed by atoms with Crippen molar-refractivity contribution in [2.24, 2.45) is 5.84 Å². The topological polar surface area (TPSA) is 103 Å². The van der Waals surface area contributed by atoms with Gasteiger partial charge in [-0.05, 0) is 44.0 Å². The van der Waals surface area contributed by atoms with Gasteiger partial charge in [0.25, 0.3) is 0 Å². The molecule has 1 aliphatic rings. The molecule has 0 aliphatic carbocycles. The Bertz CT molecular complexity index is 974. The van der Waals surface area contributed by atoms with Gasteiger partial charge in [0, 0.05) is 5.70 Å². The number of rotatable bonds is 8. The highest BCUT2D eigenvalue weighted by Crippen LogP contribution is 2.36. The summed E-state index contributed by atoms with van der Waals surface area (Å²) in [6.45, 7) is 6.22. The van der Waals surface area contributed by atoms with Crippen LogP contribution in [-0.4, -0.2) is 30.2 Å². The van der Waals surface area contributed by atoms with E-state index in [1.54, 1.807) is 32.0 Å². The van der Waals surface area contributed by atoms with Gasteiger partial charge in [-0.2, -0.15) is 0 Å². The minimum atomic E-state index is -0.728. The van der Waals surface area contributed by atoms with Crippen molar-refractivity contribution in [1.29, 1.82) is 0 Å². The van der Waals surface area contributed by atoms with Crippen LogP contribution >= 0.6 is 0 Å². The molecule has 0 radical (unpaired) electrons. The van der Waals surface area contributed by atoms with Crippen LogP contribution in [0.15, 0.2) is 59.8 Å². The lowest BCUT2D eigenvalue weighted by Gasteiger charge is -2.32. The van der Waals surface area contributed by atoms with E-state index in [0.29, 0.717) is 36.0 Å². The summed E-state index contributed by atoms with van der Waals surface area (Å²) in [5.41, 5.74) is 2.28. The number of esters is 1. The molecule has 3 rings (SSSR count). The normalized spacial score (nSPS) is 16.1. The van der Waals surface area contributed by atoms with Crippen molar-refractivity contribution in [3.8, 4) is 11.5 Å². The van der Waals surface area contributed by atoms with Crippen LogP contribution in [0.4, 0.5) is 4.79 Å². The average molecular weight is 425 g/mol. The van der Waals surface area contributed by atoms with Crippen LogP contribution in [0.2, 0.25) is 0 Å². The molecule has 0 spiro atoms. The average Bonchev–Trinajstić information content (AvgIpc) is 2.77. The summed E-state index contributed by atoms with van der Waals surface area (Å²) in [7, 11) is 0. The zero-order valence-corrected chi connectivity index (χ0v) is 17.9. The van der Waals surface area contributed by atoms with Crippen molar-refractivity contribution in [3.05, 3.63) is 70.9 Å². The van der Waals surface area contributed by atoms with E-state index in [-0.39, 0.29) is 12.2 Å². The molecule has 1 aliphatic heterocycles. The number of nitrogens with two attached hydrogens (primary N) is 1. The van der Waals surface area contributed by atoms with Gasteiger partial charge in [-0.25, -0.2) is 20.4 Å². The van der Waals surface area contributed by atoms with E-state index in [1.165, 1.54) is 0 Å². The van der Waals surface area contributed by atoms with Gasteiger partial charge < -0.3 is 19.5 Å². The Morgan fingerprint density at radius 1 is 1.06 bits per heavy atom. The number of carbonyl (C=O) groups excluding carboxylic acids is 2. The summed E-state index contributed by atoms with van der Waals surface area (Å²) in [6.07, 6.45) is 0. The number of carbonyl (C=O) groups is 2. The fraction of sp³-hybridized carbons (Fsp3) is 0.304. The lowest BCUT2D eigenvalue weighted by molar-refractivity contribution is -0.139. The number of nitrogens with zero attached hydrogens (tertiary/aromatic N) is 1. The fourth-order valence-electron chi connectivity index (χ4n) is 3.31. The number of hydrogen-bond acceptors (Lipinski definition) is 6. The van der Waals surface area contributed by atoms with Gasteiger partial charge in [0.05, 0.1) is 24.8 Å². The van der Waals surface area contributed by atoms with Crippen molar-refractivity contribution < 1.29 is 23.8 Å². The predicted octanol–water partition coefficient (Wildman–Crippen LogP) is 3.44. The summed E-state index contributed by atoms with van der Waals surface area (Å²) in [6, 6.07) is 13.9. The van der Waals surface area contributed by atoms with Crippen LogP contribution in [-0.2, 0) is 16.1 Å². The third-order valence-corrected chi connectivity index (χ3v) is 4.86. The Labute approximate surface area is 181 Å². The molecule has 0 bridgehead atoms. The maximum atomic E-state index is 12.6. The van der Waals surface area contributed by atoms with E-state index >= 15 is 0 Å². The second kappa shape index (κ2) is 9.99. The predicted molar refractivity (Wildman–Crippen MR) is 115 cm³/mol. The Morgan fingerprint density at radius 3 is 2.48 bits per heavy atom. The smallest absolute Gasteiger partial charge is 0.338 e. The van der Waals surface area contributed by atoms with Crippen LogP contribution in [0.25, 0.3) is 0 Å². The second-order valence-corrected chi connectivity index (χ2v) is 6.89. The first-order chi connectivity index (χ1) is 15.0. The van der Waals surface area contributed by atoms with E-state index in [1.807, 2.05) is 37.3 Å². The maximum absolute atomic E-state index is 12.6. The van der Waals surface area contributed by atoms with E-state index < -0.39 is 18.0 Å². The van der Waals surface area contributed by atoms with Crippen LogP contribution < -0.4 is 20.6 Å². The molecule has 0 saturated heterocycles. The Balaban J connectivity index is 1.94. The number of nitrogens with one attached hydrogen (secondary N) is 1. The molecule has 1 atom stereocenters. The first-order valence-corrected chi connectivity index (χ1v) is 10.1. The summed E-state index contributed by atoms with van der Waals surface area (Å²) in [5, 5.41) is 3.66. The van der Waals surface area contributed by atoms with Gasteiger partial charge in [-0.15, -0.1) is 0 Å². The van der Waals surface area contributed by atoms with Crippen LogP contribution in [0.1, 0.15) is 37.9 Å². The Morgan fingerprint density at radius 2 is 1.81 bits per heavy atom. The molecule has 0 fully saturated rings. The number of urea groups is 1. The van der Waals surface area contributed by atoms with Crippen LogP contribution in [0.3, 0.4) is 0 Å². The second-order valence-electron chi connectivity index (χ2n) is 6.89. The quantitative estimate of drug-likeness (QED) is 0.382. The van der Waals surface area contributed by atoms with Gasteiger partial charge in [0.1, 0.15) is 6.61 Å². The Kier molecular flexibility index (Phi) is 7.15. The number of amides is 2. The summed E-state index contributed by atoms with van der Waals surface area (Å²) >= 11 is 0. The van der Waals surface area contributed by atoms with Crippen molar-refractivity contribution in [3.63, 3.8) is 0 Å². The molecule has 0 saturated carbocycles. The molecule has 0 aromatic heterocycles. The Hall–Kier alpha value is -3.52. The van der Waals surface area contributed by atoms with Crippen LogP contribution in [0, 0.1) is 0 Å². The van der Waals surface area contributed by atoms with E-state index in [0.717, 1.165) is 10.6 Å². The standard InChI is InChI=1S/C23H27N3O5/c1-4-29-19-13-17(11-12-18(19)31-14-16-9-7-6-8-10-16)21-20(22(27)30-5-2)15(3)26(24)23(28)25-21/h6-13,21H,4-5,14,24H2,1-3H3,(H,25,28)/t21-/m0/s1. The lowest BCUT2D eigenvalue weighted by Crippen LogP contribution is -2.51. The van der Waals surface area contributed by atoms with E-state index in [2.05, 4.69) is 5.32 Å². The van der Waals surface area contributed by atoms with E-state index in [9.17, 15) is 9.59 Å². The number of ether oxygens (including phenoxy) is 3. The molecule has 2 aromatic rings. The van der Waals surface area contributed by atoms with Gasteiger partial charge >= 0.3 is 12.0 Å². The first kappa shape index (κ1) is 22.2. The molecule has 8 nitrogen and oxygen atoms in total. The highest BCUT2D eigenvalue weighted by molar-refractivity contribution is 5.94. The highest BCUT2D eigenvalue weighted by atomic mass is 16.5. The molecule has 164 valence electrons. The minimum absolute atomic E-state index is 0.206. The van der Waals surface area contributed by atoms with E-state index in [4.69, 9.17) is 20.1 Å². The molecule has 2 amide bonds. The van der Waals surface area contributed by atoms with Gasteiger partial charge in [0.15, 0.2) is 11.5 Å². The van der Waals surface area contributed by atoms with Crippen molar-refractivity contribution >= 4 is 12.0 Å². The van der Waals surface area contributed by atoms with Crippen molar-refractivity contribution in [2.75, 3.05) is 13.2 Å². The number of hydrazine groups is 1. The van der Waals surface area contributed by atoms with Gasteiger partial charge in [0.2, 0.25) is 0 Å². The zero-order valence-electron chi connectivity index (χ0n) is 17.9. The maximum Gasteiger partial charge on any atom is 0.338 e. The van der Waals surface area contributed by atoms with Crippen molar-refractivity contribution in [1.82, 2.24) is 10.3 Å². The third-order valence-electron chi connectivity index (χ3n) is 4.86. The summed E-state index contributed by atoms with van der Waals surface area (Å²) in [5.74, 6) is 6.34. The van der Waals surface area contributed by atoms with Crippen LogP contribution in [0.5, 0.6) is 11.5 Å². The molecule has 3 N–H and O–H groups in total. The highest BCUT2D eigenvalue weighted by Gasteiger charge is 2.35. The van der Waals surface area contributed by atoms with Gasteiger partial charge in [-0.3, -0.25) is 0 Å². The number of benzene rings is 2. The molecule has 0 unspecified atom stereocenters. The molecular formula is C23H27N3O5. The minimum Gasteiger partial charge on any atom is -0.490 e.